The maximum absolute atomic E-state index is 16.4. The zero-order valence-electron chi connectivity index (χ0n) is 51.8. The average molecular weight is 1280 g/mol. The van der Waals surface area contributed by atoms with Crippen molar-refractivity contribution in [1.29, 1.82) is 0 Å². The van der Waals surface area contributed by atoms with Crippen LogP contribution in [0.3, 0.4) is 0 Å². The number of rotatable bonds is 7. The lowest BCUT2D eigenvalue weighted by Crippen LogP contribution is -2.13. The van der Waals surface area contributed by atoms with Crippen LogP contribution in [0.2, 0.25) is 0 Å². The smallest absolute Gasteiger partial charge is 0.309 e. The topological polar surface area (TPSA) is 29.6 Å². The molecule has 0 amide bonds. The fraction of sp³-hybridized carbons (Fsp3) is 0.0233. The molecular formula is C86H50F6N6. The van der Waals surface area contributed by atoms with Gasteiger partial charge in [0.2, 0.25) is 0 Å². The van der Waals surface area contributed by atoms with Crippen molar-refractivity contribution < 1.29 is 26.3 Å². The zero-order valence-corrected chi connectivity index (χ0v) is 51.8. The second kappa shape index (κ2) is 20.5. The highest BCUT2D eigenvalue weighted by Crippen LogP contribution is 2.48. The molecule has 20 rings (SSSR count). The highest BCUT2D eigenvalue weighted by Gasteiger charge is 2.39. The number of fused-ring (bicyclic) bond motifs is 18. The van der Waals surface area contributed by atoms with E-state index in [4.69, 9.17) is 0 Å². The Kier molecular flexibility index (Phi) is 11.7. The van der Waals surface area contributed by atoms with Gasteiger partial charge in [-0.1, -0.05) is 170 Å². The SMILES string of the molecule is FC(F)(F)c1ccc(-n2c3cc(-n4c5ccccc5c5ccccc54)ccc3c3ccc(-n4c5ccccc5c5ccccc54)cc32)cc1-c1cc(-n2c3cc(-n4c5ccccc5c5ccccc54)ccc3c3ccc(-n4c5ccccc5c5ccccc54)cc32)ccc1C(F)(F)F. The molecule has 0 fully saturated rings. The highest BCUT2D eigenvalue weighted by molar-refractivity contribution is 6.16. The van der Waals surface area contributed by atoms with E-state index in [9.17, 15) is 0 Å². The van der Waals surface area contributed by atoms with Crippen LogP contribution in [-0.4, -0.2) is 27.4 Å². The lowest BCUT2D eigenvalue weighted by Gasteiger charge is -2.21. The van der Waals surface area contributed by atoms with Crippen molar-refractivity contribution in [3.05, 3.63) is 314 Å². The molecule has 14 aromatic carbocycles. The van der Waals surface area contributed by atoms with E-state index in [1.54, 1.807) is 0 Å². The van der Waals surface area contributed by atoms with Crippen molar-refractivity contribution >= 4 is 131 Å². The molecule has 0 N–H and O–H groups in total. The van der Waals surface area contributed by atoms with E-state index < -0.39 is 34.6 Å². The molecule has 0 unspecified atom stereocenters. The van der Waals surface area contributed by atoms with E-state index >= 15 is 26.3 Å². The normalized spacial score (nSPS) is 12.6. The van der Waals surface area contributed by atoms with Gasteiger partial charge in [0.25, 0.3) is 0 Å². The predicted molar refractivity (Wildman–Crippen MR) is 388 cm³/mol. The Morgan fingerprint density at radius 1 is 0.163 bits per heavy atom. The molecule has 20 aromatic rings. The second-order valence-corrected chi connectivity index (χ2v) is 25.4. The van der Waals surface area contributed by atoms with Gasteiger partial charge >= 0.3 is 12.4 Å². The van der Waals surface area contributed by atoms with Crippen molar-refractivity contribution in [1.82, 2.24) is 27.4 Å². The van der Waals surface area contributed by atoms with Gasteiger partial charge < -0.3 is 27.4 Å². The molecule has 0 aliphatic rings. The number of halogens is 6. The molecule has 0 saturated carbocycles. The first-order chi connectivity index (χ1) is 47.9. The van der Waals surface area contributed by atoms with Crippen LogP contribution in [0.15, 0.2) is 303 Å². The first-order valence-electron chi connectivity index (χ1n) is 32.5. The summed E-state index contributed by atoms with van der Waals surface area (Å²) in [5.74, 6) is 0. The second-order valence-electron chi connectivity index (χ2n) is 25.4. The number of aromatic nitrogens is 6. The van der Waals surface area contributed by atoms with Gasteiger partial charge in [-0.15, -0.1) is 0 Å². The maximum Gasteiger partial charge on any atom is 0.417 e. The summed E-state index contributed by atoms with van der Waals surface area (Å²) in [6.07, 6.45) is -10.2. The van der Waals surface area contributed by atoms with Crippen molar-refractivity contribution in [3.63, 3.8) is 0 Å². The molecule has 0 radical (unpaired) electrons. The van der Waals surface area contributed by atoms with Crippen LogP contribution in [0.25, 0.3) is 176 Å². The number of hydrogen-bond acceptors (Lipinski definition) is 0. The third-order valence-electron chi connectivity index (χ3n) is 20.2. The molecule has 6 aromatic heterocycles. The molecule has 0 aliphatic heterocycles. The quantitative estimate of drug-likeness (QED) is 0.142. The molecule has 0 aliphatic carbocycles. The molecule has 0 saturated heterocycles. The minimum absolute atomic E-state index is 0.230. The number of benzene rings is 14. The Morgan fingerprint density at radius 3 is 0.531 bits per heavy atom. The van der Waals surface area contributed by atoms with Crippen LogP contribution in [0.1, 0.15) is 11.1 Å². The molecule has 0 bridgehead atoms. The fourth-order valence-corrected chi connectivity index (χ4v) is 16.2. The Labute approximate surface area is 553 Å². The van der Waals surface area contributed by atoms with Gasteiger partial charge in [0, 0.05) is 98.8 Å². The number of para-hydroxylation sites is 8. The Balaban J connectivity index is 0.863. The van der Waals surface area contributed by atoms with E-state index in [2.05, 4.69) is 140 Å². The largest absolute Gasteiger partial charge is 0.417 e. The van der Waals surface area contributed by atoms with E-state index in [0.29, 0.717) is 22.1 Å². The van der Waals surface area contributed by atoms with Gasteiger partial charge in [-0.2, -0.15) is 26.3 Å². The standard InChI is InChI=1S/C86H50F6N6/c87-85(88,89)71-43-37-51(97-81-47-53(93-73-25-9-1-17-57(73)58-18-2-10-26-74(58)93)33-39-65(81)66-40-34-54(48-82(66)97)94-75-27-11-3-19-59(75)60-20-4-12-28-76(60)94)45-69(71)70-46-52(38-44-72(70)86(90,91)92)98-83-49-55(95-77-29-13-5-21-61(77)62-22-6-14-30-78(62)95)35-41-67(83)68-42-36-56(50-84(68)98)96-79-31-15-7-23-63(79)64-24-8-16-32-80(64)96/h1-50H. The summed E-state index contributed by atoms with van der Waals surface area (Å²) < 4.78 is 111. The molecule has 6 nitrogen and oxygen atoms in total. The summed E-state index contributed by atoms with van der Waals surface area (Å²) in [5.41, 5.74) is 10.1. The van der Waals surface area contributed by atoms with Crippen LogP contribution in [0, 0.1) is 0 Å². The summed E-state index contributed by atoms with van der Waals surface area (Å²) in [4.78, 5) is 0. The number of nitrogens with zero attached hydrogens (tertiary/aromatic N) is 6. The van der Waals surface area contributed by atoms with Crippen molar-refractivity contribution in [2.45, 2.75) is 12.4 Å². The van der Waals surface area contributed by atoms with Gasteiger partial charge in [-0.25, -0.2) is 0 Å². The summed E-state index contributed by atoms with van der Waals surface area (Å²) in [7, 11) is 0. The molecule has 0 atom stereocenters. The summed E-state index contributed by atoms with van der Waals surface area (Å²) in [6.45, 7) is 0. The third kappa shape index (κ3) is 8.05. The van der Waals surface area contributed by atoms with E-state index in [1.807, 2.05) is 155 Å². The van der Waals surface area contributed by atoms with Crippen molar-refractivity contribution in [3.8, 4) is 45.3 Å². The minimum atomic E-state index is -5.11. The summed E-state index contributed by atoms with van der Waals surface area (Å²) in [5, 5.41) is 11.5. The summed E-state index contributed by atoms with van der Waals surface area (Å²) >= 11 is 0. The van der Waals surface area contributed by atoms with Crippen LogP contribution in [-0.2, 0) is 12.4 Å². The first kappa shape index (κ1) is 55.9. The minimum Gasteiger partial charge on any atom is -0.309 e. The highest BCUT2D eigenvalue weighted by atomic mass is 19.4. The van der Waals surface area contributed by atoms with Gasteiger partial charge in [0.05, 0.1) is 77.3 Å². The Bertz CT molecular complexity index is 5840. The van der Waals surface area contributed by atoms with Crippen LogP contribution in [0.5, 0.6) is 0 Å². The number of alkyl halides is 6. The maximum atomic E-state index is 16.4. The third-order valence-corrected chi connectivity index (χ3v) is 20.2. The number of hydrogen-bond donors (Lipinski definition) is 0. The van der Waals surface area contributed by atoms with Crippen LogP contribution in [0.4, 0.5) is 26.3 Å². The first-order valence-corrected chi connectivity index (χ1v) is 32.5. The predicted octanol–water partition coefficient (Wildman–Crippen LogP) is 24.0. The molecule has 0 spiro atoms. The van der Waals surface area contributed by atoms with Crippen LogP contribution >= 0.6 is 0 Å². The molecular weight excluding hydrogens is 1230 g/mol. The lowest BCUT2D eigenvalue weighted by molar-refractivity contribution is -0.139. The van der Waals surface area contributed by atoms with Crippen molar-refractivity contribution in [2.24, 2.45) is 0 Å². The summed E-state index contributed by atoms with van der Waals surface area (Å²) in [6, 6.07) is 97.0. The van der Waals surface area contributed by atoms with Crippen LogP contribution < -0.4 is 0 Å². The van der Waals surface area contributed by atoms with E-state index in [-0.39, 0.29) is 11.4 Å². The average Bonchev–Trinajstić information content (AvgIpc) is 1.56. The van der Waals surface area contributed by atoms with Gasteiger partial charge in [-0.05, 0) is 145 Å². The molecule has 98 heavy (non-hydrogen) atoms. The van der Waals surface area contributed by atoms with E-state index in [1.165, 1.54) is 24.3 Å². The zero-order chi connectivity index (χ0) is 65.4. The monoisotopic (exact) mass is 1280 g/mol. The molecule has 6 heterocycles. The Hall–Kier alpha value is -12.5. The lowest BCUT2D eigenvalue weighted by atomic mass is 9.93. The van der Waals surface area contributed by atoms with Gasteiger partial charge in [0.1, 0.15) is 0 Å². The van der Waals surface area contributed by atoms with Gasteiger partial charge in [0.15, 0.2) is 0 Å². The molecule has 466 valence electrons. The van der Waals surface area contributed by atoms with E-state index in [0.717, 1.165) is 144 Å². The van der Waals surface area contributed by atoms with Gasteiger partial charge in [-0.3, -0.25) is 0 Å². The molecule has 12 heteroatoms. The fourth-order valence-electron chi connectivity index (χ4n) is 16.2. The Morgan fingerprint density at radius 2 is 0.327 bits per heavy atom. The van der Waals surface area contributed by atoms with Crippen molar-refractivity contribution in [2.75, 3.05) is 0 Å².